The average molecular weight is 599 g/mol. The average Bonchev–Trinajstić information content (AvgIpc) is 3.33. The summed E-state index contributed by atoms with van der Waals surface area (Å²) >= 11 is 6.54. The largest absolute Gasteiger partial charge is 0.492 e. The number of benzene rings is 2. The summed E-state index contributed by atoms with van der Waals surface area (Å²) in [5.74, 6) is 0.600. The lowest BCUT2D eigenvalue weighted by Crippen LogP contribution is -2.23. The van der Waals surface area contributed by atoms with E-state index in [1.54, 1.807) is 42.6 Å². The molecule has 1 fully saturated rings. The molecule has 2 aromatic carbocycles. The van der Waals surface area contributed by atoms with Gasteiger partial charge in [-0.1, -0.05) is 23.7 Å². The van der Waals surface area contributed by atoms with Crippen molar-refractivity contribution in [3.8, 4) is 17.6 Å². The summed E-state index contributed by atoms with van der Waals surface area (Å²) in [5.41, 5.74) is 3.22. The smallest absolute Gasteiger partial charge is 0.248 e. The molecule has 43 heavy (non-hydrogen) atoms. The number of carbonyl (C=O) groups excluding carboxylic acids is 1. The van der Waals surface area contributed by atoms with Crippen LogP contribution in [0.5, 0.6) is 11.5 Å². The van der Waals surface area contributed by atoms with E-state index in [1.165, 1.54) is 12.3 Å². The maximum Gasteiger partial charge on any atom is 0.248 e. The maximum atomic E-state index is 12.9. The summed E-state index contributed by atoms with van der Waals surface area (Å²) < 4.78 is 11.6. The standard InChI is InChI=1S/C32H31ClN6O4/c1-3-42-30-15-27-25(14-28(30)38-31(41)10-8-23-13-24(40)18-39(23)2)32(20(16-34)17-36-27)37-21-7-9-29(26(33)12-21)43-19-22-6-4-5-11-35-22/h4-12,14-15,17,23-24,40H,3,13,18-19H2,1-2H3,(H,36,37)(H,38,41)/b10-8+/t23-,24-/m0/s1. The summed E-state index contributed by atoms with van der Waals surface area (Å²) in [6, 6.07) is 16.5. The van der Waals surface area contributed by atoms with Crippen molar-refractivity contribution in [2.45, 2.75) is 32.1 Å². The fourth-order valence-electron chi connectivity index (χ4n) is 4.89. The van der Waals surface area contributed by atoms with Crippen LogP contribution in [0.2, 0.25) is 5.02 Å². The Bertz CT molecular complexity index is 1690. The molecule has 1 aliphatic rings. The predicted octanol–water partition coefficient (Wildman–Crippen LogP) is 5.44. The number of ether oxygens (including phenoxy) is 2. The van der Waals surface area contributed by atoms with Gasteiger partial charge in [-0.05, 0) is 56.8 Å². The Morgan fingerprint density at radius 1 is 1.21 bits per heavy atom. The summed E-state index contributed by atoms with van der Waals surface area (Å²) in [7, 11) is 1.91. The topological polar surface area (TPSA) is 133 Å². The third kappa shape index (κ3) is 7.21. The summed E-state index contributed by atoms with van der Waals surface area (Å²) in [5, 5.41) is 27.0. The number of likely N-dealkylation sites (N-methyl/N-ethyl adjacent to an activating group) is 1. The van der Waals surface area contributed by atoms with Gasteiger partial charge in [0, 0.05) is 48.2 Å². The zero-order valence-electron chi connectivity index (χ0n) is 23.8. The van der Waals surface area contributed by atoms with Gasteiger partial charge in [-0.3, -0.25) is 19.7 Å². The fourth-order valence-corrected chi connectivity index (χ4v) is 5.12. The number of nitriles is 1. The number of anilines is 3. The van der Waals surface area contributed by atoms with E-state index in [4.69, 9.17) is 21.1 Å². The number of halogens is 1. The zero-order chi connectivity index (χ0) is 30.3. The molecular weight excluding hydrogens is 568 g/mol. The van der Waals surface area contributed by atoms with Crippen LogP contribution in [0.3, 0.4) is 0 Å². The van der Waals surface area contributed by atoms with E-state index in [1.807, 2.05) is 37.1 Å². The number of β-amino-alcohol motifs (C(OH)–C–C–N with tert-alkyl or cyclic N) is 1. The Morgan fingerprint density at radius 2 is 2.07 bits per heavy atom. The van der Waals surface area contributed by atoms with Crippen LogP contribution in [0.4, 0.5) is 17.1 Å². The van der Waals surface area contributed by atoms with E-state index in [0.29, 0.717) is 69.6 Å². The van der Waals surface area contributed by atoms with Gasteiger partial charge in [0.2, 0.25) is 5.91 Å². The van der Waals surface area contributed by atoms with Gasteiger partial charge in [-0.15, -0.1) is 0 Å². The van der Waals surface area contributed by atoms with E-state index in [9.17, 15) is 15.2 Å². The van der Waals surface area contributed by atoms with Crippen LogP contribution in [0.1, 0.15) is 24.6 Å². The monoisotopic (exact) mass is 598 g/mol. The first-order chi connectivity index (χ1) is 20.8. The number of likely N-dealkylation sites (tertiary alicyclic amines) is 1. The molecule has 10 nitrogen and oxygen atoms in total. The fraction of sp³-hybridized carbons (Fsp3) is 0.250. The van der Waals surface area contributed by atoms with Crippen LogP contribution >= 0.6 is 11.6 Å². The number of rotatable bonds is 10. The number of hydrogen-bond donors (Lipinski definition) is 3. The molecule has 1 amide bonds. The lowest BCUT2D eigenvalue weighted by atomic mass is 10.1. The highest BCUT2D eigenvalue weighted by Gasteiger charge is 2.26. The molecule has 5 rings (SSSR count). The number of nitrogens with zero attached hydrogens (tertiary/aromatic N) is 4. The minimum Gasteiger partial charge on any atom is -0.492 e. The van der Waals surface area contributed by atoms with E-state index in [-0.39, 0.29) is 18.6 Å². The molecule has 1 saturated heterocycles. The number of hydrogen-bond acceptors (Lipinski definition) is 9. The van der Waals surface area contributed by atoms with Crippen LogP contribution in [0, 0.1) is 11.3 Å². The third-order valence-electron chi connectivity index (χ3n) is 7.00. The number of pyridine rings is 2. The van der Waals surface area contributed by atoms with Gasteiger partial charge in [-0.2, -0.15) is 5.26 Å². The highest BCUT2D eigenvalue weighted by Crippen LogP contribution is 2.37. The Labute approximate surface area is 254 Å². The molecule has 0 bridgehead atoms. The van der Waals surface area contributed by atoms with Gasteiger partial charge >= 0.3 is 0 Å². The van der Waals surface area contributed by atoms with Crippen LogP contribution < -0.4 is 20.1 Å². The quantitative estimate of drug-likeness (QED) is 0.204. The molecule has 0 spiro atoms. The number of fused-ring (bicyclic) bond motifs is 1. The molecule has 0 aliphatic carbocycles. The van der Waals surface area contributed by atoms with Crippen molar-refractivity contribution in [2.24, 2.45) is 0 Å². The molecule has 3 N–H and O–H groups in total. The summed E-state index contributed by atoms with van der Waals surface area (Å²) in [6.07, 6.45) is 6.58. The zero-order valence-corrected chi connectivity index (χ0v) is 24.5. The molecule has 0 unspecified atom stereocenters. The molecule has 4 aromatic rings. The van der Waals surface area contributed by atoms with Crippen molar-refractivity contribution in [1.29, 1.82) is 5.26 Å². The molecule has 0 radical (unpaired) electrons. The second-order valence-corrected chi connectivity index (χ2v) is 10.5. The van der Waals surface area contributed by atoms with Gasteiger partial charge in [0.15, 0.2) is 0 Å². The number of aliphatic hydroxyl groups excluding tert-OH is 1. The van der Waals surface area contributed by atoms with Crippen LogP contribution in [-0.4, -0.2) is 58.2 Å². The Hall–Kier alpha value is -4.69. The first-order valence-electron chi connectivity index (χ1n) is 13.8. The number of nitrogens with one attached hydrogen (secondary N) is 2. The number of aromatic nitrogens is 2. The summed E-state index contributed by atoms with van der Waals surface area (Å²) in [6.45, 7) is 3.06. The molecule has 220 valence electrons. The number of amides is 1. The van der Waals surface area contributed by atoms with E-state index in [2.05, 4.69) is 26.7 Å². The second kappa shape index (κ2) is 13.5. The molecule has 0 saturated carbocycles. The number of carbonyl (C=O) groups is 1. The normalized spacial score (nSPS) is 16.7. The summed E-state index contributed by atoms with van der Waals surface area (Å²) in [4.78, 5) is 23.6. The first-order valence-corrected chi connectivity index (χ1v) is 14.2. The molecule has 2 atom stereocenters. The minimum absolute atomic E-state index is 0.0273. The molecule has 3 heterocycles. The second-order valence-electron chi connectivity index (χ2n) is 10.1. The number of aliphatic hydroxyl groups is 1. The molecular formula is C32H31ClN6O4. The van der Waals surface area contributed by atoms with E-state index >= 15 is 0 Å². The van der Waals surface area contributed by atoms with Crippen molar-refractivity contribution in [3.63, 3.8) is 0 Å². The Kier molecular flexibility index (Phi) is 9.37. The lowest BCUT2D eigenvalue weighted by molar-refractivity contribution is -0.112. The van der Waals surface area contributed by atoms with Gasteiger partial charge in [0.1, 0.15) is 24.2 Å². The highest BCUT2D eigenvalue weighted by atomic mass is 35.5. The van der Waals surface area contributed by atoms with E-state index in [0.717, 1.165) is 5.69 Å². The highest BCUT2D eigenvalue weighted by molar-refractivity contribution is 6.32. The van der Waals surface area contributed by atoms with Crippen molar-refractivity contribution in [2.75, 3.05) is 30.8 Å². The lowest BCUT2D eigenvalue weighted by Gasteiger charge is -2.17. The van der Waals surface area contributed by atoms with Crippen molar-refractivity contribution < 1.29 is 19.4 Å². The Balaban J connectivity index is 1.41. The molecule has 2 aromatic heterocycles. The third-order valence-corrected chi connectivity index (χ3v) is 7.29. The maximum absolute atomic E-state index is 12.9. The van der Waals surface area contributed by atoms with Crippen LogP contribution in [0.25, 0.3) is 10.9 Å². The van der Waals surface area contributed by atoms with E-state index < -0.39 is 6.10 Å². The predicted molar refractivity (Wildman–Crippen MR) is 166 cm³/mol. The minimum atomic E-state index is -0.411. The Morgan fingerprint density at radius 3 is 2.77 bits per heavy atom. The van der Waals surface area contributed by atoms with Gasteiger partial charge in [-0.25, -0.2) is 0 Å². The van der Waals surface area contributed by atoms with Crippen molar-refractivity contribution in [1.82, 2.24) is 14.9 Å². The van der Waals surface area contributed by atoms with Crippen molar-refractivity contribution >= 4 is 45.5 Å². The van der Waals surface area contributed by atoms with Gasteiger partial charge in [0.05, 0.1) is 45.9 Å². The van der Waals surface area contributed by atoms with Crippen LogP contribution in [-0.2, 0) is 11.4 Å². The molecule has 11 heteroatoms. The van der Waals surface area contributed by atoms with Gasteiger partial charge in [0.25, 0.3) is 0 Å². The SMILES string of the molecule is CCOc1cc2ncc(C#N)c(Nc3ccc(OCc4ccccn4)c(Cl)c3)c2cc1NC(=O)/C=C/[C@H]1C[C@H](O)CN1C. The van der Waals surface area contributed by atoms with Gasteiger partial charge < -0.3 is 25.2 Å². The van der Waals surface area contributed by atoms with Crippen molar-refractivity contribution in [3.05, 3.63) is 89.4 Å². The first kappa shape index (κ1) is 29.8. The van der Waals surface area contributed by atoms with Crippen LogP contribution in [0.15, 0.2) is 73.1 Å². The molecule has 1 aliphatic heterocycles.